The third-order valence-corrected chi connectivity index (χ3v) is 5.52. The fraction of sp³-hybridized carbons (Fsp3) is 0.185. The lowest BCUT2D eigenvalue weighted by Gasteiger charge is -2.11. The summed E-state index contributed by atoms with van der Waals surface area (Å²) in [6.07, 6.45) is 0.816. The van der Waals surface area contributed by atoms with Crippen molar-refractivity contribution in [3.63, 3.8) is 0 Å². The lowest BCUT2D eigenvalue weighted by Crippen LogP contribution is -2.27. The van der Waals surface area contributed by atoms with E-state index in [9.17, 15) is 18.8 Å². The number of nitrogens with zero attached hydrogens (tertiary/aromatic N) is 2. The molecule has 1 aliphatic rings. The number of rotatable bonds is 8. The van der Waals surface area contributed by atoms with Crippen LogP contribution in [0, 0.1) is 5.82 Å². The van der Waals surface area contributed by atoms with Crippen molar-refractivity contribution < 1.29 is 18.8 Å². The Bertz CT molecular complexity index is 1260. The SMILES string of the molecule is O=C(CCC(=O)N1CCC(c2ccccc2)=N1)NCc1cccc(NC(=O)c2cccc(F)c2)c1. The molecule has 1 aliphatic heterocycles. The van der Waals surface area contributed by atoms with E-state index in [4.69, 9.17) is 0 Å². The maximum Gasteiger partial charge on any atom is 0.255 e. The standard InChI is InChI=1S/C27H25FN4O3/c28-22-10-5-9-21(17-22)27(35)30-23-11-4-6-19(16-23)18-29-25(33)12-13-26(34)32-15-14-24(31-32)20-7-2-1-3-8-20/h1-11,16-17H,12-15,18H2,(H,29,33)(H,30,35). The van der Waals surface area contributed by atoms with Gasteiger partial charge in [0.15, 0.2) is 0 Å². The molecule has 0 aromatic heterocycles. The Kier molecular flexibility index (Phi) is 7.62. The van der Waals surface area contributed by atoms with Crippen molar-refractivity contribution in [1.29, 1.82) is 0 Å². The van der Waals surface area contributed by atoms with Crippen LogP contribution in [0.4, 0.5) is 10.1 Å². The van der Waals surface area contributed by atoms with Gasteiger partial charge in [0.2, 0.25) is 11.8 Å². The van der Waals surface area contributed by atoms with Gasteiger partial charge in [0, 0.05) is 37.1 Å². The zero-order valence-electron chi connectivity index (χ0n) is 19.0. The first-order valence-electron chi connectivity index (χ1n) is 11.3. The van der Waals surface area contributed by atoms with Gasteiger partial charge in [0.25, 0.3) is 5.91 Å². The van der Waals surface area contributed by atoms with Crippen LogP contribution in [0.1, 0.15) is 40.7 Å². The van der Waals surface area contributed by atoms with Gasteiger partial charge in [-0.05, 0) is 41.5 Å². The van der Waals surface area contributed by atoms with Crippen LogP contribution in [0.3, 0.4) is 0 Å². The average Bonchev–Trinajstić information content (AvgIpc) is 3.37. The van der Waals surface area contributed by atoms with Crippen molar-refractivity contribution in [1.82, 2.24) is 10.3 Å². The fourth-order valence-corrected chi connectivity index (χ4v) is 3.70. The zero-order chi connectivity index (χ0) is 24.6. The third kappa shape index (κ3) is 6.60. The molecular weight excluding hydrogens is 447 g/mol. The maximum absolute atomic E-state index is 13.3. The van der Waals surface area contributed by atoms with Gasteiger partial charge in [-0.25, -0.2) is 9.40 Å². The molecular formula is C27H25FN4O3. The van der Waals surface area contributed by atoms with Gasteiger partial charge in [-0.1, -0.05) is 48.5 Å². The molecule has 0 fully saturated rings. The number of hydrogen-bond donors (Lipinski definition) is 2. The Balaban J connectivity index is 1.23. The summed E-state index contributed by atoms with van der Waals surface area (Å²) < 4.78 is 13.3. The molecule has 3 amide bonds. The second-order valence-corrected chi connectivity index (χ2v) is 8.12. The van der Waals surface area contributed by atoms with Gasteiger partial charge in [-0.2, -0.15) is 5.10 Å². The molecule has 3 aromatic rings. The maximum atomic E-state index is 13.3. The predicted molar refractivity (Wildman–Crippen MR) is 131 cm³/mol. The van der Waals surface area contributed by atoms with Crippen molar-refractivity contribution in [2.24, 2.45) is 5.10 Å². The molecule has 0 bridgehead atoms. The Hall–Kier alpha value is -4.33. The number of anilines is 1. The summed E-state index contributed by atoms with van der Waals surface area (Å²) in [5.41, 5.74) is 3.38. The predicted octanol–water partition coefficient (Wildman–Crippen LogP) is 4.11. The van der Waals surface area contributed by atoms with E-state index in [1.165, 1.54) is 23.2 Å². The first kappa shape index (κ1) is 23.8. The lowest BCUT2D eigenvalue weighted by atomic mass is 10.1. The molecule has 0 atom stereocenters. The fourth-order valence-electron chi connectivity index (χ4n) is 3.70. The smallest absolute Gasteiger partial charge is 0.255 e. The molecule has 4 rings (SSSR count). The number of carbonyl (C=O) groups is 3. The van der Waals surface area contributed by atoms with Crippen molar-refractivity contribution in [3.05, 3.63) is 101 Å². The van der Waals surface area contributed by atoms with Crippen molar-refractivity contribution >= 4 is 29.1 Å². The summed E-state index contributed by atoms with van der Waals surface area (Å²) in [6, 6.07) is 22.2. The van der Waals surface area contributed by atoms with E-state index in [1.54, 1.807) is 18.2 Å². The summed E-state index contributed by atoms with van der Waals surface area (Å²) >= 11 is 0. The van der Waals surface area contributed by atoms with Gasteiger partial charge >= 0.3 is 0 Å². The van der Waals surface area contributed by atoms with Crippen LogP contribution in [0.2, 0.25) is 0 Å². The largest absolute Gasteiger partial charge is 0.352 e. The summed E-state index contributed by atoms with van der Waals surface area (Å²) in [7, 11) is 0. The van der Waals surface area contributed by atoms with E-state index in [2.05, 4.69) is 15.7 Å². The molecule has 35 heavy (non-hydrogen) atoms. The van der Waals surface area contributed by atoms with Crippen LogP contribution < -0.4 is 10.6 Å². The van der Waals surface area contributed by atoms with Crippen molar-refractivity contribution in [3.8, 4) is 0 Å². The van der Waals surface area contributed by atoms with Crippen LogP contribution in [0.25, 0.3) is 0 Å². The second kappa shape index (κ2) is 11.2. The minimum atomic E-state index is -0.485. The molecule has 0 spiro atoms. The number of hydrogen-bond acceptors (Lipinski definition) is 4. The van der Waals surface area contributed by atoms with E-state index in [0.29, 0.717) is 18.7 Å². The normalized spacial score (nSPS) is 12.7. The Labute approximate surface area is 202 Å². The van der Waals surface area contributed by atoms with Crippen LogP contribution in [-0.2, 0) is 16.1 Å². The molecule has 2 N–H and O–H groups in total. The summed E-state index contributed by atoms with van der Waals surface area (Å²) in [5.74, 6) is -1.35. The van der Waals surface area contributed by atoms with Crippen LogP contribution in [-0.4, -0.2) is 35.0 Å². The van der Waals surface area contributed by atoms with Gasteiger partial charge in [-0.3, -0.25) is 14.4 Å². The van der Waals surface area contributed by atoms with E-state index in [1.807, 2.05) is 36.4 Å². The van der Waals surface area contributed by atoms with Crippen LogP contribution >= 0.6 is 0 Å². The summed E-state index contributed by atoms with van der Waals surface area (Å²) in [5, 5.41) is 11.3. The summed E-state index contributed by atoms with van der Waals surface area (Å²) in [4.78, 5) is 37.0. The molecule has 0 aliphatic carbocycles. The van der Waals surface area contributed by atoms with Crippen molar-refractivity contribution in [2.75, 3.05) is 11.9 Å². The highest BCUT2D eigenvalue weighted by Crippen LogP contribution is 2.16. The summed E-state index contributed by atoms with van der Waals surface area (Å²) in [6.45, 7) is 0.759. The van der Waals surface area contributed by atoms with E-state index < -0.39 is 11.7 Å². The molecule has 3 aromatic carbocycles. The highest BCUT2D eigenvalue weighted by molar-refractivity contribution is 6.04. The monoisotopic (exact) mass is 472 g/mol. The third-order valence-electron chi connectivity index (χ3n) is 5.52. The van der Waals surface area contributed by atoms with Crippen LogP contribution in [0.5, 0.6) is 0 Å². The molecule has 0 unspecified atom stereocenters. The Morgan fingerprint density at radius 2 is 1.71 bits per heavy atom. The number of benzene rings is 3. The molecule has 0 saturated heterocycles. The first-order chi connectivity index (χ1) is 17.0. The van der Waals surface area contributed by atoms with E-state index in [-0.39, 0.29) is 36.8 Å². The van der Waals surface area contributed by atoms with Gasteiger partial charge in [-0.15, -0.1) is 0 Å². The highest BCUT2D eigenvalue weighted by atomic mass is 19.1. The number of hydrazone groups is 1. The zero-order valence-corrected chi connectivity index (χ0v) is 19.0. The Morgan fingerprint density at radius 3 is 2.51 bits per heavy atom. The highest BCUT2D eigenvalue weighted by Gasteiger charge is 2.21. The molecule has 1 heterocycles. The van der Waals surface area contributed by atoms with Gasteiger partial charge in [0.05, 0.1) is 12.3 Å². The quantitative estimate of drug-likeness (QED) is 0.517. The van der Waals surface area contributed by atoms with E-state index >= 15 is 0 Å². The average molecular weight is 473 g/mol. The molecule has 0 radical (unpaired) electrons. The Morgan fingerprint density at radius 1 is 0.914 bits per heavy atom. The molecule has 0 saturated carbocycles. The lowest BCUT2D eigenvalue weighted by molar-refractivity contribution is -0.133. The van der Waals surface area contributed by atoms with Gasteiger partial charge in [0.1, 0.15) is 5.82 Å². The molecule has 7 nitrogen and oxygen atoms in total. The van der Waals surface area contributed by atoms with Crippen molar-refractivity contribution in [2.45, 2.75) is 25.8 Å². The molecule has 8 heteroatoms. The minimum Gasteiger partial charge on any atom is -0.352 e. The van der Waals surface area contributed by atoms with E-state index in [0.717, 1.165) is 22.9 Å². The minimum absolute atomic E-state index is 0.0571. The first-order valence-corrected chi connectivity index (χ1v) is 11.3. The van der Waals surface area contributed by atoms with Crippen LogP contribution in [0.15, 0.2) is 84.0 Å². The number of amides is 3. The van der Waals surface area contributed by atoms with Gasteiger partial charge < -0.3 is 10.6 Å². The topological polar surface area (TPSA) is 90.9 Å². The number of halogens is 1. The second-order valence-electron chi connectivity index (χ2n) is 8.12. The number of carbonyl (C=O) groups excluding carboxylic acids is 3. The molecule has 178 valence electrons. The number of nitrogens with one attached hydrogen (secondary N) is 2.